The third-order valence-corrected chi connectivity index (χ3v) is 4.62. The number of rotatable bonds is 5. The molecule has 0 bridgehead atoms. The van der Waals surface area contributed by atoms with Gasteiger partial charge in [0.05, 0.1) is 4.90 Å². The summed E-state index contributed by atoms with van der Waals surface area (Å²) in [5.41, 5.74) is 0.760. The summed E-state index contributed by atoms with van der Waals surface area (Å²) in [5, 5.41) is 1.24. The Morgan fingerprint density at radius 1 is 1.18 bits per heavy atom. The minimum Gasteiger partial charge on any atom is -0.426 e. The van der Waals surface area contributed by atoms with Crippen LogP contribution in [0.25, 0.3) is 10.8 Å². The van der Waals surface area contributed by atoms with E-state index in [0.717, 1.165) is 18.4 Å². The normalized spacial score (nSPS) is 11.6. The van der Waals surface area contributed by atoms with Gasteiger partial charge in [-0.25, -0.2) is 8.42 Å². The molecule has 0 saturated heterocycles. The van der Waals surface area contributed by atoms with E-state index in [1.807, 2.05) is 6.07 Å². The molecule has 0 radical (unpaired) electrons. The maximum Gasteiger partial charge on any atom is 0.308 e. The fourth-order valence-electron chi connectivity index (χ4n) is 2.49. The van der Waals surface area contributed by atoms with Gasteiger partial charge >= 0.3 is 5.97 Å². The van der Waals surface area contributed by atoms with E-state index in [1.54, 1.807) is 24.3 Å². The summed E-state index contributed by atoms with van der Waals surface area (Å²) in [6.45, 7) is 3.41. The maximum atomic E-state index is 12.1. The van der Waals surface area contributed by atoms with Crippen LogP contribution in [0.2, 0.25) is 0 Å². The molecule has 118 valence electrons. The molecule has 4 nitrogen and oxygen atoms in total. The van der Waals surface area contributed by atoms with Gasteiger partial charge in [-0.1, -0.05) is 37.6 Å². The van der Waals surface area contributed by atoms with Gasteiger partial charge in [-0.05, 0) is 24.5 Å². The van der Waals surface area contributed by atoms with Crippen molar-refractivity contribution in [2.24, 2.45) is 0 Å². The summed E-state index contributed by atoms with van der Waals surface area (Å²) in [6.07, 6.45) is 3.74. The Kier molecular flexibility index (Phi) is 4.86. The van der Waals surface area contributed by atoms with Crippen molar-refractivity contribution in [2.75, 3.05) is 6.26 Å². The van der Waals surface area contributed by atoms with Gasteiger partial charge in [0.25, 0.3) is 0 Å². The average molecular weight is 320 g/mol. The lowest BCUT2D eigenvalue weighted by Crippen LogP contribution is -2.07. The number of unbranched alkanes of at least 4 members (excludes halogenated alkanes) is 1. The summed E-state index contributed by atoms with van der Waals surface area (Å²) < 4.78 is 29.6. The zero-order valence-corrected chi connectivity index (χ0v) is 13.9. The number of benzene rings is 2. The Hall–Kier alpha value is -1.88. The third kappa shape index (κ3) is 3.47. The van der Waals surface area contributed by atoms with Crippen LogP contribution >= 0.6 is 0 Å². The lowest BCUT2D eigenvalue weighted by Gasteiger charge is -2.15. The molecular formula is C17H20O4S. The molecule has 0 unspecified atom stereocenters. The molecule has 0 spiro atoms. The van der Waals surface area contributed by atoms with Crippen molar-refractivity contribution in [3.8, 4) is 5.75 Å². The number of carbonyl (C=O) groups excluding carboxylic acids is 1. The van der Waals surface area contributed by atoms with Gasteiger partial charge in [0.1, 0.15) is 5.75 Å². The summed E-state index contributed by atoms with van der Waals surface area (Å²) in [6, 6.07) is 8.76. The predicted molar refractivity (Wildman–Crippen MR) is 87.0 cm³/mol. The molecule has 0 aromatic heterocycles. The van der Waals surface area contributed by atoms with E-state index in [0.29, 0.717) is 22.9 Å². The van der Waals surface area contributed by atoms with Crippen LogP contribution in [0.15, 0.2) is 35.2 Å². The van der Waals surface area contributed by atoms with Gasteiger partial charge in [-0.2, -0.15) is 0 Å². The Balaban J connectivity index is 2.80. The van der Waals surface area contributed by atoms with Crippen LogP contribution in [0.4, 0.5) is 0 Å². The van der Waals surface area contributed by atoms with Gasteiger partial charge in [-0.3, -0.25) is 4.79 Å². The molecule has 2 aromatic rings. The molecule has 0 fully saturated rings. The first-order chi connectivity index (χ1) is 10.3. The highest BCUT2D eigenvalue weighted by Crippen LogP contribution is 2.35. The Morgan fingerprint density at radius 3 is 2.36 bits per heavy atom. The highest BCUT2D eigenvalue weighted by Gasteiger charge is 2.19. The highest BCUT2D eigenvalue weighted by molar-refractivity contribution is 7.91. The summed E-state index contributed by atoms with van der Waals surface area (Å²) in [5.74, 6) is 0.0685. The molecule has 0 amide bonds. The number of ether oxygens (including phenoxy) is 1. The molecule has 0 heterocycles. The molecule has 0 N–H and O–H groups in total. The molecule has 0 aliphatic heterocycles. The highest BCUT2D eigenvalue weighted by atomic mass is 32.2. The van der Waals surface area contributed by atoms with Crippen molar-refractivity contribution in [3.05, 3.63) is 35.9 Å². The van der Waals surface area contributed by atoms with Crippen molar-refractivity contribution in [1.82, 2.24) is 0 Å². The van der Waals surface area contributed by atoms with Gasteiger partial charge in [0.2, 0.25) is 0 Å². The second-order valence-electron chi connectivity index (χ2n) is 5.38. The Morgan fingerprint density at radius 2 is 1.82 bits per heavy atom. The van der Waals surface area contributed by atoms with Crippen molar-refractivity contribution in [1.29, 1.82) is 0 Å². The SMILES string of the molecule is CCCCc1cc(S(C)(=O)=O)c2ccccc2c1OC(C)=O. The van der Waals surface area contributed by atoms with Crippen molar-refractivity contribution in [3.63, 3.8) is 0 Å². The van der Waals surface area contributed by atoms with Crippen LogP contribution in [0.3, 0.4) is 0 Å². The number of sulfone groups is 1. The van der Waals surface area contributed by atoms with Crippen LogP contribution in [0.5, 0.6) is 5.75 Å². The smallest absolute Gasteiger partial charge is 0.308 e. The van der Waals surface area contributed by atoms with Crippen LogP contribution in [0.1, 0.15) is 32.3 Å². The quantitative estimate of drug-likeness (QED) is 0.625. The first-order valence-corrected chi connectivity index (χ1v) is 9.16. The molecule has 0 saturated carbocycles. The van der Waals surface area contributed by atoms with Crippen molar-refractivity contribution < 1.29 is 17.9 Å². The number of esters is 1. The van der Waals surface area contributed by atoms with E-state index in [2.05, 4.69) is 6.92 Å². The molecule has 22 heavy (non-hydrogen) atoms. The Labute approximate surface area is 131 Å². The number of carbonyl (C=O) groups is 1. The minimum absolute atomic E-state index is 0.283. The second-order valence-corrected chi connectivity index (χ2v) is 7.36. The van der Waals surface area contributed by atoms with Crippen LogP contribution in [0, 0.1) is 0 Å². The minimum atomic E-state index is -3.36. The van der Waals surface area contributed by atoms with Crippen molar-refractivity contribution >= 4 is 26.6 Å². The third-order valence-electron chi connectivity index (χ3n) is 3.48. The lowest BCUT2D eigenvalue weighted by atomic mass is 10.0. The standard InChI is InChI=1S/C17H20O4S/c1-4-5-8-13-11-16(22(3,19)20)14-9-6-7-10-15(14)17(13)21-12(2)18/h6-7,9-11H,4-5,8H2,1-3H3. The first-order valence-electron chi connectivity index (χ1n) is 7.27. The van der Waals surface area contributed by atoms with Crippen LogP contribution < -0.4 is 4.74 Å². The van der Waals surface area contributed by atoms with E-state index in [4.69, 9.17) is 4.74 Å². The van der Waals surface area contributed by atoms with E-state index in [9.17, 15) is 13.2 Å². The van der Waals surface area contributed by atoms with Crippen molar-refractivity contribution in [2.45, 2.75) is 38.0 Å². The summed E-state index contributed by atoms with van der Waals surface area (Å²) in [7, 11) is -3.36. The van der Waals surface area contributed by atoms with E-state index < -0.39 is 15.8 Å². The predicted octanol–water partition coefficient (Wildman–Crippen LogP) is 3.51. The number of hydrogen-bond acceptors (Lipinski definition) is 4. The van der Waals surface area contributed by atoms with E-state index in [-0.39, 0.29) is 4.90 Å². The number of hydrogen-bond donors (Lipinski definition) is 0. The zero-order chi connectivity index (χ0) is 16.3. The van der Waals surface area contributed by atoms with Gasteiger partial charge in [0, 0.05) is 24.0 Å². The topological polar surface area (TPSA) is 60.4 Å². The van der Waals surface area contributed by atoms with Gasteiger partial charge in [-0.15, -0.1) is 0 Å². The maximum absolute atomic E-state index is 12.1. The number of aryl methyl sites for hydroxylation is 1. The fourth-order valence-corrected chi connectivity index (χ4v) is 3.43. The first kappa shape index (κ1) is 16.5. The monoisotopic (exact) mass is 320 g/mol. The molecule has 0 aliphatic carbocycles. The summed E-state index contributed by atoms with van der Waals surface area (Å²) >= 11 is 0. The average Bonchev–Trinajstić information content (AvgIpc) is 2.44. The van der Waals surface area contributed by atoms with Crippen LogP contribution in [-0.2, 0) is 21.1 Å². The number of fused-ring (bicyclic) bond motifs is 1. The molecular weight excluding hydrogens is 300 g/mol. The molecule has 2 rings (SSSR count). The fraction of sp³-hybridized carbons (Fsp3) is 0.353. The molecule has 0 aliphatic rings. The molecule has 0 atom stereocenters. The van der Waals surface area contributed by atoms with E-state index >= 15 is 0 Å². The largest absolute Gasteiger partial charge is 0.426 e. The van der Waals surface area contributed by atoms with Gasteiger partial charge < -0.3 is 4.74 Å². The van der Waals surface area contributed by atoms with Crippen LogP contribution in [-0.4, -0.2) is 20.6 Å². The second kappa shape index (κ2) is 6.48. The lowest BCUT2D eigenvalue weighted by molar-refractivity contribution is -0.131. The molecule has 2 aromatic carbocycles. The summed E-state index contributed by atoms with van der Waals surface area (Å²) in [4.78, 5) is 11.7. The zero-order valence-electron chi connectivity index (χ0n) is 13.0. The molecule has 5 heteroatoms. The Bertz CT molecular complexity index is 807. The van der Waals surface area contributed by atoms with Gasteiger partial charge in [0.15, 0.2) is 9.84 Å². The van der Waals surface area contributed by atoms with E-state index in [1.165, 1.54) is 13.2 Å².